The fraction of sp³-hybridized carbons (Fsp3) is 0.238. The predicted octanol–water partition coefficient (Wildman–Crippen LogP) is 6.74. The van der Waals surface area contributed by atoms with E-state index in [2.05, 4.69) is 53.1 Å². The number of amides is 2. The van der Waals surface area contributed by atoms with Crippen molar-refractivity contribution in [3.8, 4) is 0 Å². The highest BCUT2D eigenvalue weighted by Crippen LogP contribution is 2.38. The van der Waals surface area contributed by atoms with Crippen molar-refractivity contribution in [2.45, 2.75) is 18.3 Å². The van der Waals surface area contributed by atoms with E-state index in [0.29, 0.717) is 14.5 Å². The monoisotopic (exact) mass is 678 g/mol. The molecule has 34 heavy (non-hydrogen) atoms. The quantitative estimate of drug-likeness (QED) is 0.319. The van der Waals surface area contributed by atoms with Crippen molar-refractivity contribution >= 4 is 65.7 Å². The molecule has 2 aromatic rings. The molecule has 4 nitrogen and oxygen atoms in total. The molecule has 2 N–H and O–H groups in total. The largest absolute Gasteiger partial charge is 0.405 e. The second-order valence-electron chi connectivity index (χ2n) is 6.90. The number of halogens is 9. The third-order valence-corrected chi connectivity index (χ3v) is 5.78. The second-order valence-corrected chi connectivity index (χ2v) is 9.58. The van der Waals surface area contributed by atoms with Gasteiger partial charge in [0.15, 0.2) is 0 Å². The topological polar surface area (TPSA) is 58.2 Å². The average Bonchev–Trinajstić information content (AvgIpc) is 2.68. The van der Waals surface area contributed by atoms with E-state index in [4.69, 9.17) is 0 Å². The van der Waals surface area contributed by atoms with Crippen LogP contribution in [0.25, 0.3) is 6.08 Å². The van der Waals surface area contributed by atoms with E-state index in [1.807, 2.05) is 0 Å². The zero-order chi connectivity index (χ0) is 25.7. The molecule has 0 spiro atoms. The molecule has 0 aliphatic rings. The number of hydrogen-bond acceptors (Lipinski definition) is 2. The summed E-state index contributed by atoms with van der Waals surface area (Å²) in [5, 5.41) is 3.79. The van der Waals surface area contributed by atoms with Crippen LogP contribution in [-0.4, -0.2) is 37.3 Å². The highest BCUT2D eigenvalue weighted by atomic mass is 79.9. The lowest BCUT2D eigenvalue weighted by Gasteiger charge is -2.18. The molecule has 0 radical (unpaired) electrons. The molecular formula is C21H15Br3F6N2O2. The standard InChI is InChI=1S/C21H15Br3F6N2O2/c22-13-6-12(7-14(23)8-13)16(21(28,29)30)4-2-11-1-3-15(17(24)5-11)19(34)31-9-18(33)32-10-20(25,26)27/h1-8,16H,9-10H2,(H,31,34)(H,32,33)/b4-2+. The molecule has 2 rings (SSSR count). The van der Waals surface area contributed by atoms with Gasteiger partial charge in [-0.3, -0.25) is 9.59 Å². The highest BCUT2D eigenvalue weighted by molar-refractivity contribution is 9.11. The van der Waals surface area contributed by atoms with E-state index in [1.165, 1.54) is 36.4 Å². The molecule has 2 amide bonds. The smallest absolute Gasteiger partial charge is 0.345 e. The highest BCUT2D eigenvalue weighted by Gasteiger charge is 2.39. The van der Waals surface area contributed by atoms with Crippen LogP contribution in [0.15, 0.2) is 55.9 Å². The Morgan fingerprint density at radius 3 is 2.06 bits per heavy atom. The second kappa shape index (κ2) is 11.7. The third-order valence-electron chi connectivity index (χ3n) is 4.21. The zero-order valence-electron chi connectivity index (χ0n) is 16.8. The molecule has 0 bridgehead atoms. The van der Waals surface area contributed by atoms with Gasteiger partial charge in [0, 0.05) is 13.4 Å². The van der Waals surface area contributed by atoms with Gasteiger partial charge in [0.05, 0.1) is 18.0 Å². The summed E-state index contributed by atoms with van der Waals surface area (Å²) in [6, 6.07) is 8.44. The van der Waals surface area contributed by atoms with Crippen molar-refractivity contribution in [2.75, 3.05) is 13.1 Å². The first-order valence-corrected chi connectivity index (χ1v) is 11.7. The summed E-state index contributed by atoms with van der Waals surface area (Å²) in [6.07, 6.45) is -6.89. The Morgan fingerprint density at radius 2 is 1.53 bits per heavy atom. The third kappa shape index (κ3) is 9.06. The number of alkyl halides is 6. The Balaban J connectivity index is 2.12. The van der Waals surface area contributed by atoms with Gasteiger partial charge in [-0.2, -0.15) is 26.3 Å². The maximum absolute atomic E-state index is 13.7. The summed E-state index contributed by atoms with van der Waals surface area (Å²) >= 11 is 9.49. The fourth-order valence-corrected chi connectivity index (χ4v) is 4.61. The molecule has 1 atom stereocenters. The number of hydrogen-bond donors (Lipinski definition) is 2. The van der Waals surface area contributed by atoms with Crippen molar-refractivity contribution in [1.29, 1.82) is 0 Å². The van der Waals surface area contributed by atoms with E-state index >= 15 is 0 Å². The van der Waals surface area contributed by atoms with E-state index < -0.39 is 43.2 Å². The van der Waals surface area contributed by atoms with E-state index in [1.54, 1.807) is 11.4 Å². The van der Waals surface area contributed by atoms with Crippen LogP contribution in [0.5, 0.6) is 0 Å². The Labute approximate surface area is 215 Å². The summed E-state index contributed by atoms with van der Waals surface area (Å²) in [7, 11) is 0. The maximum atomic E-state index is 13.7. The summed E-state index contributed by atoms with van der Waals surface area (Å²) in [4.78, 5) is 23.6. The predicted molar refractivity (Wildman–Crippen MR) is 125 cm³/mol. The van der Waals surface area contributed by atoms with Crippen LogP contribution in [0.3, 0.4) is 0 Å². The minimum atomic E-state index is -4.58. The van der Waals surface area contributed by atoms with Crippen molar-refractivity contribution in [3.63, 3.8) is 0 Å². The van der Waals surface area contributed by atoms with Crippen LogP contribution < -0.4 is 10.6 Å². The van der Waals surface area contributed by atoms with Crippen molar-refractivity contribution in [3.05, 3.63) is 72.6 Å². The average molecular weight is 681 g/mol. The summed E-state index contributed by atoms with van der Waals surface area (Å²) in [5.74, 6) is -3.67. The Bertz CT molecular complexity index is 1070. The number of benzene rings is 2. The van der Waals surface area contributed by atoms with Gasteiger partial charge in [-0.25, -0.2) is 0 Å². The van der Waals surface area contributed by atoms with Crippen molar-refractivity contribution in [2.24, 2.45) is 0 Å². The minimum Gasteiger partial charge on any atom is -0.345 e. The molecule has 0 aliphatic heterocycles. The van der Waals surface area contributed by atoms with Crippen LogP contribution in [-0.2, 0) is 4.79 Å². The number of nitrogens with one attached hydrogen (secondary N) is 2. The SMILES string of the molecule is O=C(CNC(=O)c1ccc(/C=C/C(c2cc(Br)cc(Br)c2)C(F)(F)F)cc1Br)NCC(F)(F)F. The molecule has 2 aromatic carbocycles. The van der Waals surface area contributed by atoms with Gasteiger partial charge < -0.3 is 10.6 Å². The summed E-state index contributed by atoms with van der Waals surface area (Å²) in [6.45, 7) is -2.21. The molecule has 184 valence electrons. The molecule has 0 saturated carbocycles. The zero-order valence-corrected chi connectivity index (χ0v) is 21.6. The molecule has 13 heteroatoms. The van der Waals surface area contributed by atoms with Crippen molar-refractivity contribution < 1.29 is 35.9 Å². The van der Waals surface area contributed by atoms with Gasteiger partial charge in [0.1, 0.15) is 6.54 Å². The number of carbonyl (C=O) groups is 2. The molecular weight excluding hydrogens is 666 g/mol. The van der Waals surface area contributed by atoms with Gasteiger partial charge in [-0.1, -0.05) is 50.1 Å². The lowest BCUT2D eigenvalue weighted by atomic mass is 9.97. The Kier molecular flexibility index (Phi) is 9.78. The maximum Gasteiger partial charge on any atom is 0.405 e. The van der Waals surface area contributed by atoms with Gasteiger partial charge in [-0.15, -0.1) is 0 Å². The Morgan fingerprint density at radius 1 is 0.912 bits per heavy atom. The fourth-order valence-electron chi connectivity index (χ4n) is 2.71. The number of allylic oxidation sites excluding steroid dienone is 1. The van der Waals surface area contributed by atoms with Crippen LogP contribution in [0.2, 0.25) is 0 Å². The van der Waals surface area contributed by atoms with Crippen LogP contribution >= 0.6 is 47.8 Å². The summed E-state index contributed by atoms with van der Waals surface area (Å²) in [5.41, 5.74) is 0.419. The molecule has 0 fully saturated rings. The first-order chi connectivity index (χ1) is 15.7. The van der Waals surface area contributed by atoms with Gasteiger partial charge in [0.2, 0.25) is 5.91 Å². The van der Waals surface area contributed by atoms with E-state index in [-0.39, 0.29) is 15.6 Å². The normalized spacial score (nSPS) is 13.1. The molecule has 0 aromatic heterocycles. The minimum absolute atomic E-state index is 0.0175. The summed E-state index contributed by atoms with van der Waals surface area (Å²) < 4.78 is 78.4. The number of carbonyl (C=O) groups excluding carboxylic acids is 2. The molecule has 0 heterocycles. The number of rotatable bonds is 7. The van der Waals surface area contributed by atoms with Crippen LogP contribution in [0, 0.1) is 0 Å². The van der Waals surface area contributed by atoms with E-state index in [0.717, 1.165) is 6.08 Å². The van der Waals surface area contributed by atoms with Crippen LogP contribution in [0.1, 0.15) is 27.4 Å². The molecule has 1 unspecified atom stereocenters. The van der Waals surface area contributed by atoms with Crippen LogP contribution in [0.4, 0.5) is 26.3 Å². The lowest BCUT2D eigenvalue weighted by Crippen LogP contribution is -2.40. The van der Waals surface area contributed by atoms with E-state index in [9.17, 15) is 35.9 Å². The Hall–Kier alpha value is -1.86. The van der Waals surface area contributed by atoms with Gasteiger partial charge in [-0.05, 0) is 57.4 Å². The lowest BCUT2D eigenvalue weighted by molar-refractivity contribution is -0.139. The molecule has 0 aliphatic carbocycles. The van der Waals surface area contributed by atoms with Gasteiger partial charge in [0.25, 0.3) is 5.91 Å². The first-order valence-electron chi connectivity index (χ1n) is 9.28. The molecule has 0 saturated heterocycles. The first kappa shape index (κ1) is 28.4. The van der Waals surface area contributed by atoms with Gasteiger partial charge >= 0.3 is 12.4 Å². The van der Waals surface area contributed by atoms with Crippen molar-refractivity contribution in [1.82, 2.24) is 10.6 Å².